The molecular formula is C38H29N2NaO6. The molecule has 0 radical (unpaired) electrons. The summed E-state index contributed by atoms with van der Waals surface area (Å²) in [7, 11) is 1.63. The van der Waals surface area contributed by atoms with E-state index in [1.807, 2.05) is 79.7 Å². The number of rotatable bonds is 10. The summed E-state index contributed by atoms with van der Waals surface area (Å²) in [6.07, 6.45) is 0. The Morgan fingerprint density at radius 1 is 0.830 bits per heavy atom. The maximum atomic E-state index is 11.2. The number of aromatic carboxylic acids is 1. The molecule has 47 heavy (non-hydrogen) atoms. The molecule has 0 bridgehead atoms. The molecule has 0 unspecified atom stereocenters. The van der Waals surface area contributed by atoms with Gasteiger partial charge in [0.1, 0.15) is 29.6 Å². The Kier molecular flexibility index (Phi) is 9.36. The van der Waals surface area contributed by atoms with E-state index in [2.05, 4.69) is 27.8 Å². The molecule has 0 fully saturated rings. The second-order valence-corrected chi connectivity index (χ2v) is 10.8. The van der Waals surface area contributed by atoms with Crippen LogP contribution >= 0.6 is 0 Å². The molecule has 0 aliphatic carbocycles. The monoisotopic (exact) mass is 632 g/mol. The fraction of sp³-hybridized carbons (Fsp3) is 0.105. The van der Waals surface area contributed by atoms with Gasteiger partial charge in [-0.3, -0.25) is 0 Å². The number of aromatic nitrogens is 2. The van der Waals surface area contributed by atoms with Crippen LogP contribution in [0.5, 0.6) is 23.0 Å². The van der Waals surface area contributed by atoms with Crippen molar-refractivity contribution in [3.63, 3.8) is 0 Å². The van der Waals surface area contributed by atoms with E-state index in [9.17, 15) is 9.90 Å². The van der Waals surface area contributed by atoms with Gasteiger partial charge in [-0.15, -0.1) is 0 Å². The number of para-hydroxylation sites is 1. The van der Waals surface area contributed by atoms with Crippen molar-refractivity contribution in [2.45, 2.75) is 20.1 Å². The van der Waals surface area contributed by atoms with Gasteiger partial charge in [0.2, 0.25) is 5.89 Å². The zero-order valence-electron chi connectivity index (χ0n) is 26.2. The fourth-order valence-electron chi connectivity index (χ4n) is 5.63. The van der Waals surface area contributed by atoms with E-state index in [1.165, 1.54) is 12.1 Å². The number of aryl methyl sites for hydroxylation is 1. The second kappa shape index (κ2) is 13.8. The molecule has 5 aromatic carbocycles. The molecule has 0 aliphatic heterocycles. The van der Waals surface area contributed by atoms with Crippen molar-refractivity contribution in [1.82, 2.24) is 9.55 Å². The second-order valence-electron chi connectivity index (χ2n) is 10.8. The normalized spacial score (nSPS) is 10.9. The van der Waals surface area contributed by atoms with E-state index >= 15 is 0 Å². The summed E-state index contributed by atoms with van der Waals surface area (Å²) >= 11 is 0. The van der Waals surface area contributed by atoms with Gasteiger partial charge < -0.3 is 33.1 Å². The topological polar surface area (TPSA) is 98.8 Å². The van der Waals surface area contributed by atoms with Gasteiger partial charge in [-0.2, -0.15) is 0 Å². The molecule has 2 aromatic heterocycles. The van der Waals surface area contributed by atoms with Crippen LogP contribution in [0.1, 0.15) is 27.4 Å². The molecule has 7 aromatic rings. The van der Waals surface area contributed by atoms with E-state index in [1.54, 1.807) is 19.2 Å². The van der Waals surface area contributed by atoms with Crippen LogP contribution in [0, 0.1) is 6.92 Å². The third-order valence-corrected chi connectivity index (χ3v) is 7.92. The number of hydrogen-bond donors (Lipinski definition) is 0. The van der Waals surface area contributed by atoms with Gasteiger partial charge in [-0.1, -0.05) is 48.5 Å². The first-order chi connectivity index (χ1) is 22.5. The Morgan fingerprint density at radius 3 is 2.34 bits per heavy atom. The number of carboxylic acids is 1. The van der Waals surface area contributed by atoms with Crippen molar-refractivity contribution in [1.29, 1.82) is 0 Å². The number of hydrogen-bond acceptors (Lipinski definition) is 7. The van der Waals surface area contributed by atoms with Gasteiger partial charge in [0.25, 0.3) is 0 Å². The standard InChI is InChI=1S/C38H30N2O6.Na/c1-24-30(39-37(45-24)26-9-4-3-5-10-26)23-44-33-20-15-25(21-35(33)43-2)22-40-31-12-7-6-11-29(31)36-32(40)13-8-14-34(36)46-28-18-16-27(17-19-28)38(41)42;/h3-21H,22-23H2,1-2H3,(H,41,42);/q;+1/p-1. The Balaban J connectivity index is 0.00000386. The fourth-order valence-corrected chi connectivity index (χ4v) is 5.63. The molecule has 0 amide bonds. The van der Waals surface area contributed by atoms with Crippen LogP contribution in [-0.2, 0) is 13.2 Å². The van der Waals surface area contributed by atoms with Crippen LogP contribution in [0.2, 0.25) is 0 Å². The van der Waals surface area contributed by atoms with Crippen molar-refractivity contribution >= 4 is 27.8 Å². The minimum absolute atomic E-state index is 0. The van der Waals surface area contributed by atoms with Crippen LogP contribution in [0.25, 0.3) is 33.3 Å². The van der Waals surface area contributed by atoms with E-state index < -0.39 is 5.97 Å². The molecule has 9 heteroatoms. The number of carboxylic acid groups (broad SMARTS) is 1. The van der Waals surface area contributed by atoms with Crippen LogP contribution in [0.4, 0.5) is 0 Å². The first kappa shape index (κ1) is 31.9. The van der Waals surface area contributed by atoms with Crippen molar-refractivity contribution in [3.05, 3.63) is 138 Å². The molecule has 0 aliphatic rings. The summed E-state index contributed by atoms with van der Waals surface area (Å²) in [4.78, 5) is 15.8. The number of oxazole rings is 1. The molecule has 0 spiro atoms. The van der Waals surface area contributed by atoms with E-state index in [0.29, 0.717) is 41.2 Å². The third-order valence-electron chi connectivity index (χ3n) is 7.92. The van der Waals surface area contributed by atoms with E-state index in [4.69, 9.17) is 18.6 Å². The first-order valence-electron chi connectivity index (χ1n) is 14.8. The van der Waals surface area contributed by atoms with Crippen LogP contribution < -0.4 is 48.9 Å². The van der Waals surface area contributed by atoms with Gasteiger partial charge in [0, 0.05) is 23.0 Å². The number of carbonyl (C=O) groups excluding carboxylic acids is 1. The van der Waals surface area contributed by atoms with Crippen molar-refractivity contribution in [2.75, 3.05) is 7.11 Å². The average molecular weight is 633 g/mol. The number of methoxy groups -OCH3 is 1. The van der Waals surface area contributed by atoms with Crippen molar-refractivity contribution in [2.24, 2.45) is 0 Å². The summed E-state index contributed by atoms with van der Waals surface area (Å²) < 4.78 is 26.3. The Hall–Kier alpha value is -5.02. The summed E-state index contributed by atoms with van der Waals surface area (Å²) in [5.74, 6) is 2.48. The maximum Gasteiger partial charge on any atom is 1.00 e. The first-order valence-corrected chi connectivity index (χ1v) is 14.8. The number of nitrogens with zero attached hydrogens (tertiary/aromatic N) is 2. The van der Waals surface area contributed by atoms with Crippen molar-refractivity contribution < 1.29 is 58.1 Å². The molecular weight excluding hydrogens is 603 g/mol. The Bertz CT molecular complexity index is 2190. The number of fused-ring (bicyclic) bond motifs is 3. The van der Waals surface area contributed by atoms with Gasteiger partial charge in [-0.05, 0) is 84.8 Å². The molecule has 0 saturated carbocycles. The molecule has 0 atom stereocenters. The number of carbonyl (C=O) groups is 1. The van der Waals surface area contributed by atoms with Gasteiger partial charge in [0.05, 0.1) is 24.0 Å². The van der Waals surface area contributed by atoms with Gasteiger partial charge in [0.15, 0.2) is 11.5 Å². The molecule has 7 rings (SSSR count). The Labute approximate surface area is 293 Å². The van der Waals surface area contributed by atoms with E-state index in [0.717, 1.165) is 38.6 Å². The molecule has 228 valence electrons. The number of benzene rings is 5. The summed E-state index contributed by atoms with van der Waals surface area (Å²) in [6.45, 7) is 2.70. The summed E-state index contributed by atoms with van der Waals surface area (Å²) in [5.41, 5.74) is 4.81. The zero-order chi connectivity index (χ0) is 31.6. The third kappa shape index (κ3) is 6.49. The van der Waals surface area contributed by atoms with E-state index in [-0.39, 0.29) is 41.7 Å². The largest absolute Gasteiger partial charge is 1.00 e. The minimum atomic E-state index is -1.23. The SMILES string of the molecule is COc1cc(Cn2c3ccccc3c3c(Oc4ccc(C(=O)[O-])cc4)cccc32)ccc1OCc1nc(-c2ccccc2)oc1C.[Na+]. The molecule has 8 nitrogen and oxygen atoms in total. The maximum absolute atomic E-state index is 11.2. The van der Waals surface area contributed by atoms with Gasteiger partial charge in [-0.25, -0.2) is 4.98 Å². The van der Waals surface area contributed by atoms with Crippen LogP contribution in [0.3, 0.4) is 0 Å². The van der Waals surface area contributed by atoms with Crippen LogP contribution in [-0.4, -0.2) is 22.6 Å². The molecule has 0 N–H and O–H groups in total. The zero-order valence-corrected chi connectivity index (χ0v) is 28.2. The summed E-state index contributed by atoms with van der Waals surface area (Å²) in [5, 5.41) is 13.2. The quantitative estimate of drug-likeness (QED) is 0.204. The van der Waals surface area contributed by atoms with Crippen molar-refractivity contribution in [3.8, 4) is 34.5 Å². The van der Waals surface area contributed by atoms with Gasteiger partial charge >= 0.3 is 29.6 Å². The van der Waals surface area contributed by atoms with Crippen LogP contribution in [0.15, 0.2) is 120 Å². The Morgan fingerprint density at radius 2 is 1.57 bits per heavy atom. The predicted octanol–water partition coefficient (Wildman–Crippen LogP) is 4.55. The predicted molar refractivity (Wildman–Crippen MR) is 173 cm³/mol. The molecule has 2 heterocycles. The average Bonchev–Trinajstić information content (AvgIpc) is 3.62. The molecule has 0 saturated heterocycles. The number of ether oxygens (including phenoxy) is 3. The smallest absolute Gasteiger partial charge is 0.545 e. The summed E-state index contributed by atoms with van der Waals surface area (Å²) in [6, 6.07) is 36.1. The minimum Gasteiger partial charge on any atom is -0.545 e.